The Morgan fingerprint density at radius 1 is 0.789 bits per heavy atom. The van der Waals surface area contributed by atoms with Crippen molar-refractivity contribution in [3.8, 4) is 16.9 Å². The molecule has 0 saturated carbocycles. The summed E-state index contributed by atoms with van der Waals surface area (Å²) in [5.41, 5.74) is 5.94. The molecular weight excluding hydrogens is 232 g/mol. The Morgan fingerprint density at radius 3 is 1.95 bits per heavy atom. The number of phenolic OH excluding ortho intramolecular Hbond substituents is 1. The molecule has 0 saturated heterocycles. The molecule has 19 heavy (non-hydrogen) atoms. The molecule has 1 nitrogen and oxygen atoms in total. The molecule has 0 fully saturated rings. The Hall–Kier alpha value is -1.76. The van der Waals surface area contributed by atoms with E-state index in [1.807, 2.05) is 6.07 Å². The third-order valence-electron chi connectivity index (χ3n) is 3.72. The molecular formula is C18H22O. The van der Waals surface area contributed by atoms with E-state index in [9.17, 15) is 5.11 Å². The van der Waals surface area contributed by atoms with Gasteiger partial charge in [-0.1, -0.05) is 51.1 Å². The van der Waals surface area contributed by atoms with Crippen LogP contribution in [-0.4, -0.2) is 5.11 Å². The van der Waals surface area contributed by atoms with Crippen LogP contribution in [0.15, 0.2) is 36.4 Å². The van der Waals surface area contributed by atoms with Crippen LogP contribution in [0.2, 0.25) is 0 Å². The van der Waals surface area contributed by atoms with Gasteiger partial charge in [0.1, 0.15) is 5.75 Å². The smallest absolute Gasteiger partial charge is 0.119 e. The number of rotatable bonds is 4. The van der Waals surface area contributed by atoms with Crippen LogP contribution in [0.25, 0.3) is 11.1 Å². The Kier molecular flexibility index (Phi) is 4.26. The first-order valence-corrected chi connectivity index (χ1v) is 7.13. The van der Waals surface area contributed by atoms with Crippen molar-refractivity contribution in [2.45, 2.75) is 40.0 Å². The van der Waals surface area contributed by atoms with Gasteiger partial charge in [-0.25, -0.2) is 0 Å². The van der Waals surface area contributed by atoms with Crippen LogP contribution < -0.4 is 0 Å². The maximum absolute atomic E-state index is 10.2. The highest BCUT2D eigenvalue weighted by Gasteiger charge is 2.10. The first kappa shape index (κ1) is 13.7. The largest absolute Gasteiger partial charge is 0.508 e. The standard InChI is InChI=1S/C18H22O/c1-4-13-7-9-15(10-8-13)17-11-14(5-2)12-18(19)16(17)6-3/h7-12,19H,4-6H2,1-3H3. The van der Waals surface area contributed by atoms with Crippen molar-refractivity contribution in [3.05, 3.63) is 53.1 Å². The van der Waals surface area contributed by atoms with E-state index < -0.39 is 0 Å². The Bertz CT molecular complexity index is 553. The van der Waals surface area contributed by atoms with Crippen LogP contribution in [0.3, 0.4) is 0 Å². The fourth-order valence-corrected chi connectivity index (χ4v) is 2.47. The van der Waals surface area contributed by atoms with Crippen LogP contribution in [-0.2, 0) is 19.3 Å². The second-order valence-corrected chi connectivity index (χ2v) is 4.90. The first-order chi connectivity index (χ1) is 9.19. The van der Waals surface area contributed by atoms with Gasteiger partial charge >= 0.3 is 0 Å². The zero-order valence-electron chi connectivity index (χ0n) is 12.0. The van der Waals surface area contributed by atoms with Gasteiger partial charge in [0.25, 0.3) is 0 Å². The number of hydrogen-bond donors (Lipinski definition) is 1. The van der Waals surface area contributed by atoms with Crippen molar-refractivity contribution in [1.29, 1.82) is 0 Å². The van der Waals surface area contributed by atoms with Crippen LogP contribution in [0.4, 0.5) is 0 Å². The number of phenols is 1. The van der Waals surface area contributed by atoms with Crippen LogP contribution in [0.5, 0.6) is 5.75 Å². The molecule has 0 bridgehead atoms. The van der Waals surface area contributed by atoms with Crippen molar-refractivity contribution in [2.75, 3.05) is 0 Å². The highest BCUT2D eigenvalue weighted by molar-refractivity contribution is 5.71. The summed E-state index contributed by atoms with van der Waals surface area (Å²) in [5, 5.41) is 10.2. The van der Waals surface area contributed by atoms with E-state index >= 15 is 0 Å². The zero-order valence-corrected chi connectivity index (χ0v) is 12.0. The van der Waals surface area contributed by atoms with Crippen LogP contribution in [0.1, 0.15) is 37.5 Å². The van der Waals surface area contributed by atoms with E-state index in [0.29, 0.717) is 5.75 Å². The van der Waals surface area contributed by atoms with Crippen LogP contribution >= 0.6 is 0 Å². The molecule has 1 N–H and O–H groups in total. The fourth-order valence-electron chi connectivity index (χ4n) is 2.47. The number of aryl methyl sites for hydroxylation is 2. The number of aromatic hydroxyl groups is 1. The molecule has 0 aromatic heterocycles. The number of benzene rings is 2. The summed E-state index contributed by atoms with van der Waals surface area (Å²) in [4.78, 5) is 0. The highest BCUT2D eigenvalue weighted by Crippen LogP contribution is 2.32. The Labute approximate surface area is 115 Å². The minimum absolute atomic E-state index is 0.427. The van der Waals surface area contributed by atoms with Gasteiger partial charge in [0.15, 0.2) is 0 Å². The van der Waals surface area contributed by atoms with Gasteiger partial charge < -0.3 is 5.11 Å². The number of hydrogen-bond acceptors (Lipinski definition) is 1. The van der Waals surface area contributed by atoms with Crippen molar-refractivity contribution in [2.24, 2.45) is 0 Å². The Balaban J connectivity index is 2.55. The third kappa shape index (κ3) is 2.81. The van der Waals surface area contributed by atoms with Gasteiger partial charge in [-0.05, 0) is 47.6 Å². The van der Waals surface area contributed by atoms with Crippen molar-refractivity contribution in [3.63, 3.8) is 0 Å². The lowest BCUT2D eigenvalue weighted by atomic mass is 9.93. The second-order valence-electron chi connectivity index (χ2n) is 4.90. The van der Waals surface area contributed by atoms with Gasteiger partial charge in [-0.3, -0.25) is 0 Å². The van der Waals surface area contributed by atoms with E-state index in [1.165, 1.54) is 22.3 Å². The lowest BCUT2D eigenvalue weighted by molar-refractivity contribution is 0.468. The van der Waals surface area contributed by atoms with E-state index in [4.69, 9.17) is 0 Å². The lowest BCUT2D eigenvalue weighted by Gasteiger charge is -2.13. The summed E-state index contributed by atoms with van der Waals surface area (Å²) in [6.07, 6.45) is 2.85. The molecule has 0 atom stereocenters. The summed E-state index contributed by atoms with van der Waals surface area (Å²) >= 11 is 0. The average molecular weight is 254 g/mol. The fraction of sp³-hybridized carbons (Fsp3) is 0.333. The van der Waals surface area contributed by atoms with E-state index in [-0.39, 0.29) is 0 Å². The minimum Gasteiger partial charge on any atom is -0.508 e. The minimum atomic E-state index is 0.427. The SMILES string of the molecule is CCc1ccc(-c2cc(CC)cc(O)c2CC)cc1. The van der Waals surface area contributed by atoms with Crippen molar-refractivity contribution >= 4 is 0 Å². The van der Waals surface area contributed by atoms with Crippen molar-refractivity contribution in [1.82, 2.24) is 0 Å². The molecule has 0 aliphatic carbocycles. The summed E-state index contributed by atoms with van der Waals surface area (Å²) in [7, 11) is 0. The molecule has 2 rings (SSSR count). The lowest BCUT2D eigenvalue weighted by Crippen LogP contribution is -1.92. The first-order valence-electron chi connectivity index (χ1n) is 7.13. The predicted molar refractivity (Wildman–Crippen MR) is 81.7 cm³/mol. The highest BCUT2D eigenvalue weighted by atomic mass is 16.3. The summed E-state index contributed by atoms with van der Waals surface area (Å²) in [6.45, 7) is 6.37. The predicted octanol–water partition coefficient (Wildman–Crippen LogP) is 4.75. The van der Waals surface area contributed by atoms with Gasteiger partial charge in [0, 0.05) is 5.56 Å². The molecule has 0 unspecified atom stereocenters. The maximum Gasteiger partial charge on any atom is 0.119 e. The normalized spacial score (nSPS) is 10.7. The zero-order chi connectivity index (χ0) is 13.8. The monoisotopic (exact) mass is 254 g/mol. The third-order valence-corrected chi connectivity index (χ3v) is 3.72. The van der Waals surface area contributed by atoms with Gasteiger partial charge in [0.05, 0.1) is 0 Å². The summed E-state index contributed by atoms with van der Waals surface area (Å²) in [6, 6.07) is 12.8. The molecule has 2 aromatic carbocycles. The molecule has 0 amide bonds. The molecule has 0 heterocycles. The average Bonchev–Trinajstić information content (AvgIpc) is 2.46. The van der Waals surface area contributed by atoms with E-state index in [0.717, 1.165) is 24.8 Å². The van der Waals surface area contributed by atoms with E-state index in [2.05, 4.69) is 51.1 Å². The quantitative estimate of drug-likeness (QED) is 0.835. The molecule has 0 radical (unpaired) electrons. The van der Waals surface area contributed by atoms with Gasteiger partial charge in [-0.2, -0.15) is 0 Å². The van der Waals surface area contributed by atoms with Crippen LogP contribution in [0, 0.1) is 0 Å². The molecule has 0 aliphatic rings. The summed E-state index contributed by atoms with van der Waals surface area (Å²) < 4.78 is 0. The topological polar surface area (TPSA) is 20.2 Å². The Morgan fingerprint density at radius 2 is 1.42 bits per heavy atom. The maximum atomic E-state index is 10.2. The second kappa shape index (κ2) is 5.92. The van der Waals surface area contributed by atoms with Gasteiger partial charge in [0.2, 0.25) is 0 Å². The molecule has 0 aliphatic heterocycles. The summed E-state index contributed by atoms with van der Waals surface area (Å²) in [5.74, 6) is 0.427. The van der Waals surface area contributed by atoms with Crippen molar-refractivity contribution < 1.29 is 5.11 Å². The molecule has 0 spiro atoms. The molecule has 1 heteroatoms. The molecule has 2 aromatic rings. The van der Waals surface area contributed by atoms with E-state index in [1.54, 1.807) is 0 Å². The molecule has 100 valence electrons. The van der Waals surface area contributed by atoms with Gasteiger partial charge in [-0.15, -0.1) is 0 Å².